The highest BCUT2D eigenvalue weighted by molar-refractivity contribution is 8.00. The number of fused-ring (bicyclic) bond motifs is 1. The van der Waals surface area contributed by atoms with Crippen molar-refractivity contribution in [2.75, 3.05) is 12.8 Å². The molecule has 0 aliphatic rings. The summed E-state index contributed by atoms with van der Waals surface area (Å²) in [5.41, 5.74) is 1.40. The summed E-state index contributed by atoms with van der Waals surface area (Å²) in [5, 5.41) is 2.76. The summed E-state index contributed by atoms with van der Waals surface area (Å²) in [5.74, 6) is -0.105. The number of carbonyl (C=O) groups is 1. The molecule has 0 fully saturated rings. The first-order valence-electron chi connectivity index (χ1n) is 6.93. The number of halogens is 1. The van der Waals surface area contributed by atoms with Gasteiger partial charge in [-0.15, -0.1) is 11.3 Å². The van der Waals surface area contributed by atoms with E-state index in [0.717, 1.165) is 15.2 Å². The molecule has 3 aromatic rings. The molecule has 4 nitrogen and oxygen atoms in total. The Morgan fingerprint density at radius 2 is 2.13 bits per heavy atom. The topological polar surface area (TPSA) is 46.1 Å². The second-order valence-electron chi connectivity index (χ2n) is 4.94. The number of amides is 1. The predicted octanol–water partition coefficient (Wildman–Crippen LogP) is 3.58. The van der Waals surface area contributed by atoms with E-state index in [1.54, 1.807) is 36.6 Å². The molecule has 0 atom stereocenters. The van der Waals surface area contributed by atoms with Crippen molar-refractivity contribution in [3.63, 3.8) is 0 Å². The van der Waals surface area contributed by atoms with E-state index in [1.165, 1.54) is 29.1 Å². The van der Waals surface area contributed by atoms with Crippen LogP contribution in [0.1, 0.15) is 5.56 Å². The zero-order valence-corrected chi connectivity index (χ0v) is 14.0. The molecule has 7 heteroatoms. The molecule has 1 aromatic carbocycles. The Hall–Kier alpha value is -1.99. The van der Waals surface area contributed by atoms with Crippen LogP contribution in [0.5, 0.6) is 0 Å². The Kier molecular flexibility index (Phi) is 4.88. The number of hydrogen-bond acceptors (Lipinski definition) is 5. The van der Waals surface area contributed by atoms with Gasteiger partial charge in [0.1, 0.15) is 17.2 Å². The highest BCUT2D eigenvalue weighted by Crippen LogP contribution is 2.28. The maximum atomic E-state index is 13.6. The fourth-order valence-corrected chi connectivity index (χ4v) is 3.97. The normalized spacial score (nSPS) is 10.9. The van der Waals surface area contributed by atoms with E-state index in [2.05, 4.69) is 9.97 Å². The first-order valence-corrected chi connectivity index (χ1v) is 8.80. The van der Waals surface area contributed by atoms with E-state index in [4.69, 9.17) is 0 Å². The van der Waals surface area contributed by atoms with Crippen LogP contribution in [-0.2, 0) is 11.3 Å². The van der Waals surface area contributed by atoms with Gasteiger partial charge in [0.05, 0.1) is 16.0 Å². The van der Waals surface area contributed by atoms with Gasteiger partial charge in [0.25, 0.3) is 0 Å². The van der Waals surface area contributed by atoms with Gasteiger partial charge >= 0.3 is 0 Å². The summed E-state index contributed by atoms with van der Waals surface area (Å²) in [7, 11) is 1.68. The van der Waals surface area contributed by atoms with Crippen molar-refractivity contribution in [2.24, 2.45) is 0 Å². The van der Waals surface area contributed by atoms with Crippen LogP contribution < -0.4 is 0 Å². The second-order valence-corrected chi connectivity index (χ2v) is 6.82. The van der Waals surface area contributed by atoms with Crippen LogP contribution in [0.2, 0.25) is 0 Å². The lowest BCUT2D eigenvalue weighted by Gasteiger charge is -2.17. The zero-order valence-electron chi connectivity index (χ0n) is 12.4. The van der Waals surface area contributed by atoms with Crippen molar-refractivity contribution in [1.29, 1.82) is 0 Å². The van der Waals surface area contributed by atoms with E-state index < -0.39 is 0 Å². The van der Waals surface area contributed by atoms with Crippen LogP contribution in [0.3, 0.4) is 0 Å². The molecular weight excluding hydrogens is 333 g/mol. The average Bonchev–Trinajstić information content (AvgIpc) is 3.03. The van der Waals surface area contributed by atoms with E-state index in [1.807, 2.05) is 11.4 Å². The summed E-state index contributed by atoms with van der Waals surface area (Å²) in [6.07, 6.45) is 1.50. The quantitative estimate of drug-likeness (QED) is 0.523. The molecule has 0 N–H and O–H groups in total. The summed E-state index contributed by atoms with van der Waals surface area (Å²) in [6, 6.07) is 8.42. The minimum absolute atomic E-state index is 0.0680. The minimum Gasteiger partial charge on any atom is -0.341 e. The van der Waals surface area contributed by atoms with Crippen LogP contribution in [-0.4, -0.2) is 33.6 Å². The molecule has 0 spiro atoms. The smallest absolute Gasteiger partial charge is 0.233 e. The van der Waals surface area contributed by atoms with Crippen LogP contribution >= 0.6 is 23.1 Å². The maximum absolute atomic E-state index is 13.6. The number of benzene rings is 1. The molecule has 0 bridgehead atoms. The number of nitrogens with zero attached hydrogens (tertiary/aromatic N) is 3. The van der Waals surface area contributed by atoms with E-state index >= 15 is 0 Å². The van der Waals surface area contributed by atoms with Crippen molar-refractivity contribution in [2.45, 2.75) is 11.6 Å². The first-order chi connectivity index (χ1) is 11.1. The Balaban J connectivity index is 1.63. The van der Waals surface area contributed by atoms with Crippen molar-refractivity contribution >= 4 is 39.2 Å². The van der Waals surface area contributed by atoms with Crippen molar-refractivity contribution in [3.8, 4) is 0 Å². The molecule has 1 amide bonds. The third kappa shape index (κ3) is 3.68. The predicted molar refractivity (Wildman–Crippen MR) is 91.0 cm³/mol. The number of thiophene rings is 1. The molecule has 2 aromatic heterocycles. The van der Waals surface area contributed by atoms with E-state index in [0.29, 0.717) is 5.56 Å². The summed E-state index contributed by atoms with van der Waals surface area (Å²) >= 11 is 2.94. The molecule has 0 aliphatic carbocycles. The van der Waals surface area contributed by atoms with Gasteiger partial charge in [-0.05, 0) is 17.5 Å². The van der Waals surface area contributed by atoms with Crippen LogP contribution in [0.25, 0.3) is 10.2 Å². The fourth-order valence-electron chi connectivity index (χ4n) is 2.08. The summed E-state index contributed by atoms with van der Waals surface area (Å²) in [4.78, 5) is 22.2. The molecule has 0 aliphatic heterocycles. The van der Waals surface area contributed by atoms with Gasteiger partial charge in [0, 0.05) is 19.2 Å². The zero-order chi connectivity index (χ0) is 16.2. The Morgan fingerprint density at radius 1 is 1.30 bits per heavy atom. The monoisotopic (exact) mass is 347 g/mol. The lowest BCUT2D eigenvalue weighted by molar-refractivity contribution is -0.127. The summed E-state index contributed by atoms with van der Waals surface area (Å²) in [6.45, 7) is 0.254. The standard InChI is InChI=1S/C16H14FN3OS2/c1-20(8-11-4-2-3-5-12(11)17)14(21)9-23-16-15-13(6-7-22-15)18-10-19-16/h2-7,10H,8-9H2,1H3. The van der Waals surface area contributed by atoms with Crippen LogP contribution in [0.4, 0.5) is 4.39 Å². The second kappa shape index (κ2) is 7.06. The van der Waals surface area contributed by atoms with Crippen molar-refractivity contribution in [1.82, 2.24) is 14.9 Å². The number of thioether (sulfide) groups is 1. The Morgan fingerprint density at radius 3 is 2.96 bits per heavy atom. The van der Waals surface area contributed by atoms with Gasteiger partial charge in [0.2, 0.25) is 5.91 Å². The molecule has 0 unspecified atom stereocenters. The molecule has 0 radical (unpaired) electrons. The lowest BCUT2D eigenvalue weighted by atomic mass is 10.2. The Bertz CT molecular complexity index is 837. The van der Waals surface area contributed by atoms with Crippen LogP contribution in [0, 0.1) is 5.82 Å². The van der Waals surface area contributed by atoms with Gasteiger partial charge in [0.15, 0.2) is 0 Å². The molecular formula is C16H14FN3OS2. The number of carbonyl (C=O) groups excluding carboxylic acids is 1. The minimum atomic E-state index is -0.295. The summed E-state index contributed by atoms with van der Waals surface area (Å²) < 4.78 is 14.6. The molecule has 2 heterocycles. The SMILES string of the molecule is CN(Cc1ccccc1F)C(=O)CSc1ncnc2ccsc12. The largest absolute Gasteiger partial charge is 0.341 e. The Labute approximate surface area is 141 Å². The number of aromatic nitrogens is 2. The van der Waals surface area contributed by atoms with E-state index in [-0.39, 0.29) is 24.0 Å². The lowest BCUT2D eigenvalue weighted by Crippen LogP contribution is -2.28. The van der Waals surface area contributed by atoms with Crippen LogP contribution in [0.15, 0.2) is 47.1 Å². The van der Waals surface area contributed by atoms with Gasteiger partial charge in [-0.1, -0.05) is 30.0 Å². The number of hydrogen-bond donors (Lipinski definition) is 0. The van der Waals surface area contributed by atoms with Gasteiger partial charge in [-0.25, -0.2) is 14.4 Å². The number of rotatable bonds is 5. The third-order valence-electron chi connectivity index (χ3n) is 3.33. The highest BCUT2D eigenvalue weighted by atomic mass is 32.2. The highest BCUT2D eigenvalue weighted by Gasteiger charge is 2.14. The molecule has 3 rings (SSSR count). The maximum Gasteiger partial charge on any atom is 0.233 e. The van der Waals surface area contributed by atoms with Crippen molar-refractivity contribution in [3.05, 3.63) is 53.4 Å². The molecule has 0 saturated heterocycles. The third-order valence-corrected chi connectivity index (χ3v) is 5.35. The average molecular weight is 347 g/mol. The van der Waals surface area contributed by atoms with Gasteiger partial charge < -0.3 is 4.90 Å². The first kappa shape index (κ1) is 15.9. The fraction of sp³-hybridized carbons (Fsp3) is 0.188. The van der Waals surface area contributed by atoms with E-state index in [9.17, 15) is 9.18 Å². The van der Waals surface area contributed by atoms with Gasteiger partial charge in [-0.3, -0.25) is 4.79 Å². The molecule has 23 heavy (non-hydrogen) atoms. The molecule has 0 saturated carbocycles. The molecule has 118 valence electrons. The van der Waals surface area contributed by atoms with Gasteiger partial charge in [-0.2, -0.15) is 0 Å². The van der Waals surface area contributed by atoms with Crippen molar-refractivity contribution < 1.29 is 9.18 Å².